The molecular weight excluding hydrogens is 512 g/mol. The molecule has 208 valence electrons. The van der Waals surface area contributed by atoms with E-state index in [0.29, 0.717) is 30.2 Å². The van der Waals surface area contributed by atoms with Gasteiger partial charge in [0, 0.05) is 17.5 Å². The van der Waals surface area contributed by atoms with Gasteiger partial charge in [0.25, 0.3) is 0 Å². The molecule has 1 aliphatic carbocycles. The number of nitrogens with one attached hydrogen (secondary N) is 1. The predicted octanol–water partition coefficient (Wildman–Crippen LogP) is 5.58. The number of carbonyl (C=O) groups is 2. The van der Waals surface area contributed by atoms with Gasteiger partial charge in [-0.1, -0.05) is 43.5 Å². The summed E-state index contributed by atoms with van der Waals surface area (Å²) in [5.41, 5.74) is 1.75. The van der Waals surface area contributed by atoms with E-state index in [-0.39, 0.29) is 24.3 Å². The first-order chi connectivity index (χ1) is 19.0. The highest BCUT2D eigenvalue weighted by Crippen LogP contribution is 2.30. The Morgan fingerprint density at radius 2 is 1.69 bits per heavy atom. The maximum atomic E-state index is 13.9. The lowest BCUT2D eigenvalue weighted by Gasteiger charge is -2.33. The summed E-state index contributed by atoms with van der Waals surface area (Å²) < 4.78 is 16.2. The van der Waals surface area contributed by atoms with Gasteiger partial charge in [0.1, 0.15) is 11.8 Å². The van der Waals surface area contributed by atoms with Crippen LogP contribution in [0.4, 0.5) is 0 Å². The number of methoxy groups -OCH3 is 3. The molecule has 39 heavy (non-hydrogen) atoms. The van der Waals surface area contributed by atoms with E-state index in [2.05, 4.69) is 5.32 Å². The fraction of sp³-hybridized carbons (Fsp3) is 0.419. The number of nitrogens with zero attached hydrogens (tertiary/aromatic N) is 1. The van der Waals surface area contributed by atoms with Crippen LogP contribution in [0, 0.1) is 0 Å². The number of ether oxygens (including phenoxy) is 3. The molecule has 0 saturated heterocycles. The van der Waals surface area contributed by atoms with Crippen LogP contribution in [0.1, 0.15) is 54.1 Å². The molecule has 2 aromatic carbocycles. The summed E-state index contributed by atoms with van der Waals surface area (Å²) in [6.45, 7) is 0.370. The zero-order valence-electron chi connectivity index (χ0n) is 23.0. The second kappa shape index (κ2) is 14.0. The van der Waals surface area contributed by atoms with Gasteiger partial charge in [-0.3, -0.25) is 9.59 Å². The Morgan fingerprint density at radius 3 is 2.33 bits per heavy atom. The number of hydrogen-bond acceptors (Lipinski definition) is 6. The molecule has 1 aliphatic rings. The summed E-state index contributed by atoms with van der Waals surface area (Å²) >= 11 is 1.55. The lowest BCUT2D eigenvalue weighted by atomic mass is 9.94. The van der Waals surface area contributed by atoms with Crippen LogP contribution in [0.15, 0.2) is 60.0 Å². The molecule has 0 spiro atoms. The molecule has 1 atom stereocenters. The highest BCUT2D eigenvalue weighted by Gasteiger charge is 2.33. The number of benzene rings is 2. The van der Waals surface area contributed by atoms with E-state index in [0.717, 1.165) is 41.7 Å². The molecule has 4 rings (SSSR count). The highest BCUT2D eigenvalue weighted by atomic mass is 32.1. The van der Waals surface area contributed by atoms with Gasteiger partial charge < -0.3 is 24.4 Å². The van der Waals surface area contributed by atoms with E-state index in [4.69, 9.17) is 14.2 Å². The van der Waals surface area contributed by atoms with Gasteiger partial charge in [-0.2, -0.15) is 0 Å². The first-order valence-corrected chi connectivity index (χ1v) is 14.4. The molecule has 8 heteroatoms. The minimum Gasteiger partial charge on any atom is -0.497 e. The minimum atomic E-state index is -0.759. The molecule has 1 aromatic heterocycles. The Bertz CT molecular complexity index is 1210. The average molecular weight is 551 g/mol. The standard InChI is InChI=1S/C31H38N2O5S/c1-36-25-14-12-23(13-15-25)30(31(35)32-24-8-5-4-6-9-24)33(29(34)21-26-10-7-19-39-26)18-17-22-11-16-27(37-2)28(20-22)38-3/h7,10-16,19-20,24,30H,4-6,8-9,17-18,21H2,1-3H3,(H,32,35). The monoisotopic (exact) mass is 550 g/mol. The molecule has 1 heterocycles. The van der Waals surface area contributed by atoms with Gasteiger partial charge in [0.2, 0.25) is 11.8 Å². The minimum absolute atomic E-state index is 0.0856. The quantitative estimate of drug-likeness (QED) is 0.319. The van der Waals surface area contributed by atoms with Gasteiger partial charge in [0.15, 0.2) is 11.5 Å². The Morgan fingerprint density at radius 1 is 0.949 bits per heavy atom. The van der Waals surface area contributed by atoms with Gasteiger partial charge in [-0.25, -0.2) is 0 Å². The third kappa shape index (κ3) is 7.53. The van der Waals surface area contributed by atoms with Crippen molar-refractivity contribution in [3.8, 4) is 17.2 Å². The van der Waals surface area contributed by atoms with Crippen LogP contribution in [-0.4, -0.2) is 50.6 Å². The smallest absolute Gasteiger partial charge is 0.247 e. The molecule has 1 N–H and O–H groups in total. The number of hydrogen-bond donors (Lipinski definition) is 1. The molecule has 1 unspecified atom stereocenters. The van der Waals surface area contributed by atoms with Gasteiger partial charge in [-0.15, -0.1) is 11.3 Å². The van der Waals surface area contributed by atoms with Crippen molar-refractivity contribution in [3.05, 3.63) is 76.0 Å². The largest absolute Gasteiger partial charge is 0.497 e. The molecule has 0 radical (unpaired) electrons. The van der Waals surface area contributed by atoms with E-state index in [9.17, 15) is 9.59 Å². The lowest BCUT2D eigenvalue weighted by molar-refractivity contribution is -0.140. The zero-order valence-corrected chi connectivity index (χ0v) is 23.8. The van der Waals surface area contributed by atoms with Crippen LogP contribution in [0.25, 0.3) is 0 Å². The van der Waals surface area contributed by atoms with Gasteiger partial charge >= 0.3 is 0 Å². The second-order valence-corrected chi connectivity index (χ2v) is 10.8. The van der Waals surface area contributed by atoms with Crippen LogP contribution < -0.4 is 19.5 Å². The van der Waals surface area contributed by atoms with E-state index < -0.39 is 6.04 Å². The Balaban J connectivity index is 1.66. The number of carbonyl (C=O) groups excluding carboxylic acids is 2. The maximum Gasteiger partial charge on any atom is 0.247 e. The van der Waals surface area contributed by atoms with Crippen molar-refractivity contribution in [3.63, 3.8) is 0 Å². The summed E-state index contributed by atoms with van der Waals surface area (Å²) in [5, 5.41) is 5.24. The highest BCUT2D eigenvalue weighted by molar-refractivity contribution is 7.10. The summed E-state index contributed by atoms with van der Waals surface area (Å²) in [6.07, 6.45) is 6.15. The third-order valence-electron chi connectivity index (χ3n) is 7.26. The van der Waals surface area contributed by atoms with Crippen molar-refractivity contribution in [1.82, 2.24) is 10.2 Å². The van der Waals surface area contributed by atoms with Crippen molar-refractivity contribution in [2.45, 2.75) is 57.0 Å². The normalized spacial score (nSPS) is 14.3. The maximum absolute atomic E-state index is 13.9. The summed E-state index contributed by atoms with van der Waals surface area (Å²) in [5.74, 6) is 1.76. The fourth-order valence-corrected chi connectivity index (χ4v) is 5.83. The zero-order chi connectivity index (χ0) is 27.6. The number of amides is 2. The van der Waals surface area contributed by atoms with E-state index in [1.165, 1.54) is 6.42 Å². The van der Waals surface area contributed by atoms with Crippen molar-refractivity contribution in [1.29, 1.82) is 0 Å². The molecular formula is C31H38N2O5S. The van der Waals surface area contributed by atoms with E-state index in [1.807, 2.05) is 60.0 Å². The van der Waals surface area contributed by atoms with Gasteiger partial charge in [0.05, 0.1) is 27.8 Å². The summed E-state index contributed by atoms with van der Waals surface area (Å²) in [6, 6.07) is 16.5. The molecule has 1 fully saturated rings. The first-order valence-electron chi connectivity index (χ1n) is 13.5. The topological polar surface area (TPSA) is 77.1 Å². The number of thiophene rings is 1. The van der Waals surface area contributed by atoms with E-state index in [1.54, 1.807) is 37.6 Å². The molecule has 7 nitrogen and oxygen atoms in total. The second-order valence-electron chi connectivity index (χ2n) is 9.80. The van der Waals surface area contributed by atoms with Crippen LogP contribution in [0.5, 0.6) is 17.2 Å². The van der Waals surface area contributed by atoms with Crippen molar-refractivity contribution in [2.24, 2.45) is 0 Å². The predicted molar refractivity (Wildman–Crippen MR) is 154 cm³/mol. The third-order valence-corrected chi connectivity index (χ3v) is 8.13. The first kappa shape index (κ1) is 28.5. The Labute approximate surface area is 235 Å². The lowest BCUT2D eigenvalue weighted by Crippen LogP contribution is -2.48. The van der Waals surface area contributed by atoms with Crippen LogP contribution in [0.3, 0.4) is 0 Å². The Kier molecular flexibility index (Phi) is 10.3. The number of rotatable bonds is 12. The van der Waals surface area contributed by atoms with Crippen LogP contribution in [0.2, 0.25) is 0 Å². The van der Waals surface area contributed by atoms with Crippen molar-refractivity contribution >= 4 is 23.2 Å². The van der Waals surface area contributed by atoms with Crippen LogP contribution >= 0.6 is 11.3 Å². The summed E-state index contributed by atoms with van der Waals surface area (Å²) in [4.78, 5) is 30.5. The molecule has 2 amide bonds. The fourth-order valence-electron chi connectivity index (χ4n) is 5.13. The molecule has 3 aromatic rings. The van der Waals surface area contributed by atoms with Gasteiger partial charge in [-0.05, 0) is 66.1 Å². The van der Waals surface area contributed by atoms with E-state index >= 15 is 0 Å². The molecule has 0 aliphatic heterocycles. The average Bonchev–Trinajstić information content (AvgIpc) is 3.48. The van der Waals surface area contributed by atoms with Crippen molar-refractivity contribution in [2.75, 3.05) is 27.9 Å². The molecule has 1 saturated carbocycles. The van der Waals surface area contributed by atoms with Crippen LogP contribution in [-0.2, 0) is 22.4 Å². The molecule has 0 bridgehead atoms. The summed E-state index contributed by atoms with van der Waals surface area (Å²) in [7, 11) is 4.82. The Hall–Kier alpha value is -3.52. The SMILES string of the molecule is COc1ccc(C(C(=O)NC2CCCCC2)N(CCc2ccc(OC)c(OC)c2)C(=O)Cc2cccs2)cc1. The van der Waals surface area contributed by atoms with Crippen molar-refractivity contribution < 1.29 is 23.8 Å².